The maximum atomic E-state index is 14.4. The van der Waals surface area contributed by atoms with Crippen LogP contribution in [0.25, 0.3) is 10.9 Å². The molecular weight excluding hydrogens is 579 g/mol. The summed E-state index contributed by atoms with van der Waals surface area (Å²) in [5.74, 6) is 0.657. The lowest BCUT2D eigenvalue weighted by molar-refractivity contribution is 0.0233. The first-order valence-corrected chi connectivity index (χ1v) is 14.9. The summed E-state index contributed by atoms with van der Waals surface area (Å²) in [6, 6.07) is 6.05. The largest absolute Gasteiger partial charge is 0.461 e. The summed E-state index contributed by atoms with van der Waals surface area (Å²) in [6.45, 7) is 12.5. The van der Waals surface area contributed by atoms with Gasteiger partial charge >= 0.3 is 12.1 Å². The number of benzene rings is 1. The number of nitrogens with zero attached hydrogens (tertiary/aromatic N) is 6. The number of carbonyl (C=O) groups is 1. The maximum Gasteiger partial charge on any atom is 0.410 e. The first kappa shape index (κ1) is 28.8. The van der Waals surface area contributed by atoms with E-state index in [1.165, 1.54) is 0 Å². The normalized spacial score (nSPS) is 26.6. The topological polar surface area (TPSA) is 94.8 Å². The number of hydrogen-bond acceptors (Lipinski definition) is 8. The molecule has 216 valence electrons. The number of halogens is 2. The first-order valence-electron chi connectivity index (χ1n) is 14.1. The Morgan fingerprint density at radius 2 is 2.10 bits per heavy atom. The predicted octanol–water partition coefficient (Wildman–Crippen LogP) is 5.44. The van der Waals surface area contributed by atoms with Gasteiger partial charge in [-0.2, -0.15) is 15.2 Å². The van der Waals surface area contributed by atoms with Crippen molar-refractivity contribution in [2.75, 3.05) is 37.7 Å². The molecule has 11 heteroatoms. The highest BCUT2D eigenvalue weighted by Crippen LogP contribution is 2.41. The molecule has 4 heterocycles. The summed E-state index contributed by atoms with van der Waals surface area (Å²) in [5, 5.41) is 10.7. The van der Waals surface area contributed by atoms with E-state index in [4.69, 9.17) is 19.4 Å². The van der Waals surface area contributed by atoms with Gasteiger partial charge in [-0.1, -0.05) is 0 Å². The van der Waals surface area contributed by atoms with Crippen molar-refractivity contribution in [3.63, 3.8) is 0 Å². The molecule has 9 nitrogen and oxygen atoms in total. The van der Waals surface area contributed by atoms with E-state index < -0.39 is 11.8 Å². The molecule has 3 aliphatic rings. The number of ether oxygens (including phenoxy) is 2. The Labute approximate surface area is 243 Å². The zero-order chi connectivity index (χ0) is 28.8. The van der Waals surface area contributed by atoms with Crippen molar-refractivity contribution in [3.8, 4) is 12.1 Å². The van der Waals surface area contributed by atoms with Gasteiger partial charge in [0.1, 0.15) is 30.3 Å². The number of aromatic nitrogens is 2. The average Bonchev–Trinajstić information content (AvgIpc) is 3.54. The summed E-state index contributed by atoms with van der Waals surface area (Å²) in [7, 11) is 0. The molecule has 2 aromatic rings. The van der Waals surface area contributed by atoms with E-state index in [1.54, 1.807) is 4.90 Å². The van der Waals surface area contributed by atoms with Crippen LogP contribution in [0.1, 0.15) is 65.9 Å². The fraction of sp³-hybridized carbons (Fsp3) is 0.655. The number of hydrogen-bond donors (Lipinski definition) is 0. The van der Waals surface area contributed by atoms with Crippen LogP contribution in [-0.2, 0) is 4.74 Å². The molecule has 1 aromatic heterocycles. The molecule has 3 saturated heterocycles. The summed E-state index contributed by atoms with van der Waals surface area (Å²) in [6.07, 6.45) is 1.91. The van der Waals surface area contributed by atoms with Crippen molar-refractivity contribution in [2.45, 2.75) is 89.7 Å². The lowest BCUT2D eigenvalue weighted by atomic mass is 9.95. The van der Waals surface area contributed by atoms with Crippen molar-refractivity contribution in [3.05, 3.63) is 22.2 Å². The van der Waals surface area contributed by atoms with Gasteiger partial charge in [0.25, 0.3) is 0 Å². The summed E-state index contributed by atoms with van der Waals surface area (Å²) < 4.78 is 26.9. The minimum Gasteiger partial charge on any atom is -0.461 e. The third kappa shape index (κ3) is 5.32. The molecule has 1 amide bonds. The second-order valence-corrected chi connectivity index (χ2v) is 13.0. The van der Waals surface area contributed by atoms with Gasteiger partial charge in [0.15, 0.2) is 0 Å². The molecule has 0 radical (unpaired) electrons. The Balaban J connectivity index is 1.50. The highest BCUT2D eigenvalue weighted by Gasteiger charge is 2.49. The van der Waals surface area contributed by atoms with E-state index in [9.17, 15) is 14.4 Å². The van der Waals surface area contributed by atoms with Crippen LogP contribution in [0.5, 0.6) is 6.01 Å². The number of likely N-dealkylation sites (tertiary alicyclic amines) is 1. The molecule has 0 aliphatic carbocycles. The van der Waals surface area contributed by atoms with E-state index in [1.807, 2.05) is 39.8 Å². The molecule has 0 N–H and O–H groups in total. The van der Waals surface area contributed by atoms with E-state index in [0.29, 0.717) is 54.0 Å². The summed E-state index contributed by atoms with van der Waals surface area (Å²) in [4.78, 5) is 28.7. The van der Waals surface area contributed by atoms with E-state index in [-0.39, 0.29) is 29.7 Å². The monoisotopic (exact) mass is 616 g/mol. The van der Waals surface area contributed by atoms with Crippen molar-refractivity contribution < 1.29 is 18.7 Å². The van der Waals surface area contributed by atoms with Gasteiger partial charge in [0.05, 0.1) is 28.7 Å². The fourth-order valence-electron chi connectivity index (χ4n) is 6.63. The molecule has 5 rings (SSSR count). The maximum absolute atomic E-state index is 14.4. The van der Waals surface area contributed by atoms with Crippen LogP contribution >= 0.6 is 15.9 Å². The number of amides is 1. The van der Waals surface area contributed by atoms with E-state index in [2.05, 4.69) is 38.7 Å². The number of likely N-dealkylation sites (N-methyl/N-ethyl adjacent to an activating group) is 1. The van der Waals surface area contributed by atoms with Crippen LogP contribution in [0.2, 0.25) is 0 Å². The average molecular weight is 618 g/mol. The van der Waals surface area contributed by atoms with Gasteiger partial charge in [0, 0.05) is 35.9 Å². The Kier molecular flexibility index (Phi) is 7.87. The minimum absolute atomic E-state index is 0.0244. The summed E-state index contributed by atoms with van der Waals surface area (Å²) in [5.41, 5.74) is -0.0143. The highest BCUT2D eigenvalue weighted by molar-refractivity contribution is 9.10. The van der Waals surface area contributed by atoms with Crippen molar-refractivity contribution >= 4 is 38.7 Å². The van der Waals surface area contributed by atoms with Crippen LogP contribution in [0.3, 0.4) is 0 Å². The highest BCUT2D eigenvalue weighted by atomic mass is 79.9. The number of nitriles is 1. The van der Waals surface area contributed by atoms with Gasteiger partial charge in [0.2, 0.25) is 0 Å². The lowest BCUT2D eigenvalue weighted by Gasteiger charge is -2.35. The SMILES string of the molecule is CCN(c1nc(OC[C@@]23CCCN2C[C@H](F)C3)nc2c(C#N)c(Br)ccc12)[C@@H]1CCN(C(=O)OC(C)(C)C)[C@@H]1C. The molecule has 0 bridgehead atoms. The zero-order valence-corrected chi connectivity index (χ0v) is 25.5. The van der Waals surface area contributed by atoms with E-state index >= 15 is 0 Å². The zero-order valence-electron chi connectivity index (χ0n) is 23.9. The van der Waals surface area contributed by atoms with Gasteiger partial charge in [-0.15, -0.1) is 0 Å². The Hall–Kier alpha value is -2.71. The predicted molar refractivity (Wildman–Crippen MR) is 154 cm³/mol. The standard InChI is InChI=1S/C29H38BrFN6O3/c1-6-36(23-10-13-37(18(23)2)27(38)40-28(3,4)5)25-20-8-9-22(30)21(15-32)24(20)33-26(34-25)39-17-29-11-7-12-35(29)16-19(31)14-29/h8-9,18-19,23H,6-7,10-14,16-17H2,1-5H3/t18-,19-,23-,29+/m1/s1. The van der Waals surface area contributed by atoms with E-state index in [0.717, 1.165) is 31.2 Å². The third-order valence-corrected chi connectivity index (χ3v) is 9.14. The molecule has 0 unspecified atom stereocenters. The molecule has 3 aliphatic heterocycles. The van der Waals surface area contributed by atoms with Crippen molar-refractivity contribution in [2.24, 2.45) is 0 Å². The van der Waals surface area contributed by atoms with Crippen molar-refractivity contribution in [1.82, 2.24) is 19.8 Å². The van der Waals surface area contributed by atoms with Crippen LogP contribution in [0.4, 0.5) is 15.0 Å². The summed E-state index contributed by atoms with van der Waals surface area (Å²) >= 11 is 3.50. The van der Waals surface area contributed by atoms with Gasteiger partial charge in [-0.25, -0.2) is 9.18 Å². The van der Waals surface area contributed by atoms with Crippen molar-refractivity contribution in [1.29, 1.82) is 5.26 Å². The lowest BCUT2D eigenvalue weighted by Crippen LogP contribution is -2.47. The minimum atomic E-state index is -0.856. The number of rotatable bonds is 6. The molecule has 0 saturated carbocycles. The van der Waals surface area contributed by atoms with Gasteiger partial charge < -0.3 is 19.3 Å². The molecule has 0 spiro atoms. The molecule has 40 heavy (non-hydrogen) atoms. The number of carbonyl (C=O) groups excluding carboxylic acids is 1. The van der Waals surface area contributed by atoms with Crippen LogP contribution in [0, 0.1) is 11.3 Å². The molecule has 4 atom stereocenters. The number of anilines is 1. The van der Waals surface area contributed by atoms with Gasteiger partial charge in [-0.05, 0) is 88.5 Å². The second-order valence-electron chi connectivity index (χ2n) is 12.2. The van der Waals surface area contributed by atoms with Crippen LogP contribution in [-0.4, -0.2) is 88.0 Å². The third-order valence-electron chi connectivity index (χ3n) is 8.47. The molecular formula is C29H38BrFN6O3. The quantitative estimate of drug-likeness (QED) is 0.423. The van der Waals surface area contributed by atoms with Gasteiger partial charge in [-0.3, -0.25) is 4.90 Å². The second kappa shape index (κ2) is 10.9. The first-order chi connectivity index (χ1) is 19.0. The molecule has 1 aromatic carbocycles. The fourth-order valence-corrected chi connectivity index (χ4v) is 7.04. The Bertz CT molecular complexity index is 1330. The smallest absolute Gasteiger partial charge is 0.410 e. The van der Waals surface area contributed by atoms with Crippen LogP contribution < -0.4 is 9.64 Å². The number of alkyl halides is 1. The van der Waals surface area contributed by atoms with Crippen LogP contribution in [0.15, 0.2) is 16.6 Å². The molecule has 3 fully saturated rings. The number of fused-ring (bicyclic) bond motifs is 2. The Morgan fingerprint density at radius 1 is 1.32 bits per heavy atom. The Morgan fingerprint density at radius 3 is 2.80 bits per heavy atom.